The van der Waals surface area contributed by atoms with E-state index in [0.29, 0.717) is 10.8 Å². The Morgan fingerprint density at radius 1 is 1.14 bits per heavy atom. The van der Waals surface area contributed by atoms with E-state index in [-0.39, 0.29) is 17.2 Å². The number of hydrogen-bond acceptors (Lipinski definition) is 6. The third-order valence-electron chi connectivity index (χ3n) is 2.54. The second-order valence-electron chi connectivity index (χ2n) is 4.04. The Labute approximate surface area is 129 Å². The molecule has 1 aromatic carbocycles. The molecule has 0 aliphatic heterocycles. The van der Waals surface area contributed by atoms with Crippen molar-refractivity contribution in [2.75, 3.05) is 0 Å². The lowest BCUT2D eigenvalue weighted by molar-refractivity contribution is 0.434. The zero-order valence-electron chi connectivity index (χ0n) is 10.7. The second kappa shape index (κ2) is 5.63. The van der Waals surface area contributed by atoms with Crippen molar-refractivity contribution >= 4 is 23.2 Å². The minimum atomic E-state index is -0.00267. The average Bonchev–Trinajstić information content (AvgIpc) is 2.95. The minimum absolute atomic E-state index is 0.00267. The van der Waals surface area contributed by atoms with Gasteiger partial charge in [0.1, 0.15) is 18.4 Å². The molecule has 2 aromatic heterocycles. The van der Waals surface area contributed by atoms with Crippen LogP contribution in [0.1, 0.15) is 5.56 Å². The standard InChI is InChI=1S/C12H8Cl2N6O/c1-7-4-8(13)2-3-9(7)21-12-18-10(14)17-11(19-12)20-6-15-5-16-20/h2-6H,1H3. The Morgan fingerprint density at radius 2 is 2.00 bits per heavy atom. The lowest BCUT2D eigenvalue weighted by Crippen LogP contribution is -2.05. The van der Waals surface area contributed by atoms with Crippen LogP contribution >= 0.6 is 23.2 Å². The van der Waals surface area contributed by atoms with Gasteiger partial charge in [0.15, 0.2) is 0 Å². The Kier molecular flexibility index (Phi) is 3.68. The fourth-order valence-corrected chi connectivity index (χ4v) is 1.98. The van der Waals surface area contributed by atoms with Crippen molar-refractivity contribution in [2.45, 2.75) is 6.92 Å². The summed E-state index contributed by atoms with van der Waals surface area (Å²) in [7, 11) is 0. The summed E-state index contributed by atoms with van der Waals surface area (Å²) in [6.07, 6.45) is 2.81. The zero-order valence-corrected chi connectivity index (χ0v) is 12.2. The fraction of sp³-hybridized carbons (Fsp3) is 0.0833. The van der Waals surface area contributed by atoms with Gasteiger partial charge in [0.05, 0.1) is 0 Å². The fourth-order valence-electron chi connectivity index (χ4n) is 1.61. The molecule has 0 atom stereocenters. The number of benzene rings is 1. The first-order chi connectivity index (χ1) is 10.1. The Hall–Kier alpha value is -2.25. The largest absolute Gasteiger partial charge is 0.424 e. The highest BCUT2D eigenvalue weighted by Gasteiger charge is 2.10. The van der Waals surface area contributed by atoms with E-state index < -0.39 is 0 Å². The lowest BCUT2D eigenvalue weighted by Gasteiger charge is -2.08. The van der Waals surface area contributed by atoms with Gasteiger partial charge in [-0.2, -0.15) is 24.7 Å². The van der Waals surface area contributed by atoms with E-state index in [2.05, 4.69) is 25.0 Å². The summed E-state index contributed by atoms with van der Waals surface area (Å²) in [5, 5.41) is 4.55. The van der Waals surface area contributed by atoms with Crippen molar-refractivity contribution < 1.29 is 4.74 Å². The van der Waals surface area contributed by atoms with Gasteiger partial charge in [0.25, 0.3) is 5.95 Å². The van der Waals surface area contributed by atoms with Crippen molar-refractivity contribution in [1.82, 2.24) is 29.7 Å². The number of aryl methyl sites for hydroxylation is 1. The molecule has 7 nitrogen and oxygen atoms in total. The molecule has 0 bridgehead atoms. The van der Waals surface area contributed by atoms with Crippen LogP contribution in [-0.4, -0.2) is 29.7 Å². The van der Waals surface area contributed by atoms with E-state index in [1.54, 1.807) is 18.2 Å². The minimum Gasteiger partial charge on any atom is -0.424 e. The van der Waals surface area contributed by atoms with Crippen LogP contribution in [0.2, 0.25) is 10.3 Å². The maximum atomic E-state index is 5.90. The molecular weight excluding hydrogens is 315 g/mol. The van der Waals surface area contributed by atoms with Crippen molar-refractivity contribution in [1.29, 1.82) is 0 Å². The molecule has 9 heteroatoms. The van der Waals surface area contributed by atoms with E-state index in [9.17, 15) is 0 Å². The van der Waals surface area contributed by atoms with Gasteiger partial charge in [0.2, 0.25) is 5.28 Å². The van der Waals surface area contributed by atoms with Crippen molar-refractivity contribution in [2.24, 2.45) is 0 Å². The van der Waals surface area contributed by atoms with Gasteiger partial charge in [-0.05, 0) is 42.3 Å². The highest BCUT2D eigenvalue weighted by atomic mass is 35.5. The molecule has 21 heavy (non-hydrogen) atoms. The molecule has 0 unspecified atom stereocenters. The molecule has 0 radical (unpaired) electrons. The summed E-state index contributed by atoms with van der Waals surface area (Å²) in [5.41, 5.74) is 0.848. The molecule has 0 saturated heterocycles. The lowest BCUT2D eigenvalue weighted by atomic mass is 10.2. The average molecular weight is 323 g/mol. The highest BCUT2D eigenvalue weighted by Crippen LogP contribution is 2.26. The molecule has 3 rings (SSSR count). The topological polar surface area (TPSA) is 78.6 Å². The van der Waals surface area contributed by atoms with E-state index in [1.807, 2.05) is 6.92 Å². The Balaban J connectivity index is 1.95. The van der Waals surface area contributed by atoms with Gasteiger partial charge in [-0.15, -0.1) is 0 Å². The highest BCUT2D eigenvalue weighted by molar-refractivity contribution is 6.30. The molecule has 2 heterocycles. The summed E-state index contributed by atoms with van der Waals surface area (Å²) in [5.74, 6) is 0.792. The molecule has 0 N–H and O–H groups in total. The van der Waals surface area contributed by atoms with Crippen LogP contribution in [0, 0.1) is 6.92 Å². The maximum absolute atomic E-state index is 5.90. The SMILES string of the molecule is Cc1cc(Cl)ccc1Oc1nc(Cl)nc(-n2cncn2)n1. The smallest absolute Gasteiger partial charge is 0.328 e. The van der Waals surface area contributed by atoms with Gasteiger partial charge >= 0.3 is 6.01 Å². The number of hydrogen-bond donors (Lipinski definition) is 0. The van der Waals surface area contributed by atoms with Crippen molar-refractivity contribution in [3.8, 4) is 17.7 Å². The Bertz CT molecular complexity index is 777. The molecule has 0 spiro atoms. The monoisotopic (exact) mass is 322 g/mol. The van der Waals surface area contributed by atoms with Crippen LogP contribution in [0.15, 0.2) is 30.9 Å². The van der Waals surface area contributed by atoms with Gasteiger partial charge in [-0.3, -0.25) is 0 Å². The van der Waals surface area contributed by atoms with Crippen LogP contribution in [0.3, 0.4) is 0 Å². The van der Waals surface area contributed by atoms with Gasteiger partial charge in [0, 0.05) is 5.02 Å². The molecular formula is C12H8Cl2N6O. The number of nitrogens with zero attached hydrogens (tertiary/aromatic N) is 6. The molecule has 0 saturated carbocycles. The normalized spacial score (nSPS) is 10.6. The number of halogens is 2. The van der Waals surface area contributed by atoms with E-state index in [4.69, 9.17) is 27.9 Å². The summed E-state index contributed by atoms with van der Waals surface area (Å²) in [6.45, 7) is 1.86. The van der Waals surface area contributed by atoms with E-state index in [0.717, 1.165) is 5.56 Å². The molecule has 0 fully saturated rings. The van der Waals surface area contributed by atoms with E-state index in [1.165, 1.54) is 17.3 Å². The van der Waals surface area contributed by atoms with Gasteiger partial charge in [-0.25, -0.2) is 4.98 Å². The third kappa shape index (κ3) is 3.09. The predicted octanol–water partition coefficient (Wildman–Crippen LogP) is 2.86. The zero-order chi connectivity index (χ0) is 14.8. The molecule has 106 valence electrons. The maximum Gasteiger partial charge on any atom is 0.328 e. The molecule has 3 aromatic rings. The number of rotatable bonds is 3. The second-order valence-corrected chi connectivity index (χ2v) is 4.81. The summed E-state index contributed by atoms with van der Waals surface area (Å²) < 4.78 is 6.97. The first-order valence-corrected chi connectivity index (χ1v) is 6.58. The van der Waals surface area contributed by atoms with Crippen molar-refractivity contribution in [3.63, 3.8) is 0 Å². The van der Waals surface area contributed by atoms with Crippen LogP contribution < -0.4 is 4.74 Å². The molecule has 0 amide bonds. The van der Waals surface area contributed by atoms with Gasteiger partial charge in [-0.1, -0.05) is 11.6 Å². The summed E-state index contributed by atoms with van der Waals surface area (Å²) >= 11 is 11.8. The van der Waals surface area contributed by atoms with Crippen molar-refractivity contribution in [3.05, 3.63) is 46.7 Å². The molecule has 0 aliphatic carbocycles. The predicted molar refractivity (Wildman–Crippen MR) is 76.0 cm³/mol. The Morgan fingerprint density at radius 3 is 2.71 bits per heavy atom. The van der Waals surface area contributed by atoms with Crippen LogP contribution in [-0.2, 0) is 0 Å². The van der Waals surface area contributed by atoms with Crippen LogP contribution in [0.4, 0.5) is 0 Å². The van der Waals surface area contributed by atoms with Crippen LogP contribution in [0.25, 0.3) is 5.95 Å². The number of ether oxygens (including phenoxy) is 1. The van der Waals surface area contributed by atoms with Gasteiger partial charge < -0.3 is 4.74 Å². The third-order valence-corrected chi connectivity index (χ3v) is 2.94. The first kappa shape index (κ1) is 13.7. The van der Waals surface area contributed by atoms with E-state index >= 15 is 0 Å². The summed E-state index contributed by atoms with van der Waals surface area (Å²) in [6, 6.07) is 5.28. The number of aromatic nitrogens is 6. The summed E-state index contributed by atoms with van der Waals surface area (Å²) in [4.78, 5) is 15.8. The first-order valence-electron chi connectivity index (χ1n) is 5.82. The van der Waals surface area contributed by atoms with Crippen LogP contribution in [0.5, 0.6) is 11.8 Å². The quantitative estimate of drug-likeness (QED) is 0.737. The molecule has 0 aliphatic rings.